The lowest BCUT2D eigenvalue weighted by Crippen LogP contribution is -2.56. The zero-order valence-electron chi connectivity index (χ0n) is 13.1. The van der Waals surface area contributed by atoms with Crippen LogP contribution in [0, 0.1) is 0 Å². The number of amides is 1. The Balaban J connectivity index is 1.60. The molecule has 1 spiro atoms. The van der Waals surface area contributed by atoms with Crippen LogP contribution in [-0.2, 0) is 19.4 Å². The van der Waals surface area contributed by atoms with Crippen LogP contribution in [0.1, 0.15) is 44.9 Å². The second kappa shape index (κ2) is 6.32. The molecule has 0 bridgehead atoms. The highest BCUT2D eigenvalue weighted by Gasteiger charge is 2.42. The number of hydrogen-bond acceptors (Lipinski definition) is 4. The highest BCUT2D eigenvalue weighted by Crippen LogP contribution is 2.32. The van der Waals surface area contributed by atoms with Crippen molar-refractivity contribution in [2.24, 2.45) is 0 Å². The van der Waals surface area contributed by atoms with Gasteiger partial charge < -0.3 is 9.64 Å². The van der Waals surface area contributed by atoms with Crippen molar-refractivity contribution < 1.29 is 17.9 Å². The summed E-state index contributed by atoms with van der Waals surface area (Å²) in [7, 11) is -2.91. The Morgan fingerprint density at radius 2 is 2.05 bits per heavy atom. The molecule has 0 aromatic carbocycles. The number of carbonyl (C=O) groups excluding carboxylic acids is 1. The maximum Gasteiger partial charge on any atom is 0.226 e. The second-order valence-corrected chi connectivity index (χ2v) is 9.09. The van der Waals surface area contributed by atoms with E-state index >= 15 is 0 Å². The van der Waals surface area contributed by atoms with Crippen LogP contribution >= 0.6 is 0 Å². The fraction of sp³-hybridized carbons (Fsp3) is 0.812. The molecule has 0 atom stereocenters. The summed E-state index contributed by atoms with van der Waals surface area (Å²) in [4.78, 5) is 14.4. The van der Waals surface area contributed by atoms with E-state index in [-0.39, 0.29) is 17.4 Å². The third-order valence-corrected chi connectivity index (χ3v) is 6.75. The zero-order chi connectivity index (χ0) is 15.6. The number of sulfone groups is 1. The summed E-state index contributed by atoms with van der Waals surface area (Å²) < 4.78 is 29.1. The van der Waals surface area contributed by atoms with Crippen molar-refractivity contribution in [2.45, 2.75) is 50.5 Å². The van der Waals surface area contributed by atoms with Gasteiger partial charge in [0.2, 0.25) is 5.91 Å². The Bertz CT molecular complexity index is 553. The normalized spacial score (nSPS) is 27.5. The summed E-state index contributed by atoms with van der Waals surface area (Å²) in [6, 6.07) is 0. The molecule has 3 aliphatic rings. The van der Waals surface area contributed by atoms with Crippen molar-refractivity contribution >= 4 is 15.7 Å². The fourth-order valence-corrected chi connectivity index (χ4v) is 5.21. The highest BCUT2D eigenvalue weighted by molar-refractivity contribution is 7.91. The average Bonchev–Trinajstić information content (AvgIpc) is 2.52. The Hall–Kier alpha value is -0.880. The van der Waals surface area contributed by atoms with Gasteiger partial charge in [0.25, 0.3) is 0 Å². The van der Waals surface area contributed by atoms with E-state index in [1.807, 2.05) is 4.90 Å². The van der Waals surface area contributed by atoms with E-state index in [0.717, 1.165) is 12.8 Å². The molecule has 2 saturated heterocycles. The molecule has 0 aromatic heterocycles. The van der Waals surface area contributed by atoms with E-state index in [9.17, 15) is 13.2 Å². The molecule has 2 fully saturated rings. The van der Waals surface area contributed by atoms with Gasteiger partial charge in [0, 0.05) is 19.5 Å². The first-order chi connectivity index (χ1) is 10.5. The predicted molar refractivity (Wildman–Crippen MR) is 84.3 cm³/mol. The highest BCUT2D eigenvalue weighted by atomic mass is 32.2. The third kappa shape index (κ3) is 3.71. The minimum atomic E-state index is -2.91. The minimum absolute atomic E-state index is 0.171. The molecule has 0 unspecified atom stereocenters. The van der Waals surface area contributed by atoms with E-state index in [1.54, 1.807) is 0 Å². The van der Waals surface area contributed by atoms with E-state index in [1.165, 1.54) is 18.4 Å². The van der Waals surface area contributed by atoms with Crippen LogP contribution in [0.25, 0.3) is 0 Å². The third-order valence-electron chi connectivity index (χ3n) is 5.10. The number of rotatable bonds is 2. The molecule has 2 heterocycles. The smallest absolute Gasteiger partial charge is 0.226 e. The summed E-state index contributed by atoms with van der Waals surface area (Å²) in [5.74, 6) is 0.532. The molecule has 3 rings (SSSR count). The van der Waals surface area contributed by atoms with Gasteiger partial charge in [0.05, 0.1) is 23.7 Å². The van der Waals surface area contributed by atoms with Crippen molar-refractivity contribution in [2.75, 3.05) is 31.2 Å². The molecule has 5 nitrogen and oxygen atoms in total. The maximum atomic E-state index is 12.5. The number of ether oxygens (including phenoxy) is 1. The summed E-state index contributed by atoms with van der Waals surface area (Å²) in [6.45, 7) is 1.69. The van der Waals surface area contributed by atoms with Crippen molar-refractivity contribution in [3.05, 3.63) is 11.6 Å². The van der Waals surface area contributed by atoms with E-state index in [2.05, 4.69) is 6.08 Å². The molecular formula is C16H25NO4S. The van der Waals surface area contributed by atoms with Crippen LogP contribution < -0.4 is 0 Å². The van der Waals surface area contributed by atoms with E-state index in [0.29, 0.717) is 39.0 Å². The Morgan fingerprint density at radius 1 is 1.27 bits per heavy atom. The van der Waals surface area contributed by atoms with Gasteiger partial charge in [-0.15, -0.1) is 0 Å². The van der Waals surface area contributed by atoms with Crippen LogP contribution in [0.3, 0.4) is 0 Å². The first kappa shape index (κ1) is 16.0. The number of carbonyl (C=O) groups is 1. The SMILES string of the molecule is O=C(CC1=CCCCC1)N1CCOC2(CCS(=O)(=O)CC2)C1. The number of morpholine rings is 1. The standard InChI is InChI=1S/C16H25NO4S/c18-15(12-14-4-2-1-3-5-14)17-8-9-21-16(13-17)6-10-22(19,20)11-7-16/h4H,1-3,5-13H2. The van der Waals surface area contributed by atoms with Crippen molar-refractivity contribution in [3.8, 4) is 0 Å². The molecule has 1 amide bonds. The average molecular weight is 327 g/mol. The molecular weight excluding hydrogens is 302 g/mol. The molecule has 2 aliphatic heterocycles. The maximum absolute atomic E-state index is 12.5. The monoisotopic (exact) mass is 327 g/mol. The lowest BCUT2D eigenvalue weighted by atomic mass is 9.93. The largest absolute Gasteiger partial charge is 0.371 e. The number of allylic oxidation sites excluding steroid dienone is 1. The predicted octanol–water partition coefficient (Wildman–Crippen LogP) is 1.68. The molecule has 0 radical (unpaired) electrons. The fourth-order valence-electron chi connectivity index (χ4n) is 3.64. The molecule has 0 saturated carbocycles. The van der Waals surface area contributed by atoms with Crippen LogP contribution in [0.4, 0.5) is 0 Å². The van der Waals surface area contributed by atoms with Crippen molar-refractivity contribution in [3.63, 3.8) is 0 Å². The van der Waals surface area contributed by atoms with Crippen LogP contribution in [0.15, 0.2) is 11.6 Å². The molecule has 124 valence electrons. The minimum Gasteiger partial charge on any atom is -0.371 e. The van der Waals surface area contributed by atoms with Crippen LogP contribution in [-0.4, -0.2) is 56.0 Å². The quantitative estimate of drug-likeness (QED) is 0.724. The summed E-state index contributed by atoms with van der Waals surface area (Å²) in [5.41, 5.74) is 0.836. The number of hydrogen-bond donors (Lipinski definition) is 0. The zero-order valence-corrected chi connectivity index (χ0v) is 13.9. The first-order valence-corrected chi connectivity index (χ1v) is 10.1. The topological polar surface area (TPSA) is 63.7 Å². The summed E-state index contributed by atoms with van der Waals surface area (Å²) in [5, 5.41) is 0. The van der Waals surface area contributed by atoms with E-state index in [4.69, 9.17) is 4.74 Å². The van der Waals surface area contributed by atoms with Gasteiger partial charge in [-0.2, -0.15) is 0 Å². The summed E-state index contributed by atoms with van der Waals surface area (Å²) in [6.07, 6.45) is 8.31. The van der Waals surface area contributed by atoms with Gasteiger partial charge in [0.1, 0.15) is 0 Å². The molecule has 0 aromatic rings. The van der Waals surface area contributed by atoms with Gasteiger partial charge in [-0.25, -0.2) is 8.42 Å². The van der Waals surface area contributed by atoms with Crippen molar-refractivity contribution in [1.82, 2.24) is 4.90 Å². The Labute approximate surface area is 132 Å². The molecule has 6 heteroatoms. The second-order valence-electron chi connectivity index (χ2n) is 6.78. The van der Waals surface area contributed by atoms with Gasteiger partial charge >= 0.3 is 0 Å². The molecule has 22 heavy (non-hydrogen) atoms. The molecule has 0 N–H and O–H groups in total. The Morgan fingerprint density at radius 3 is 2.73 bits per heavy atom. The number of nitrogens with zero attached hydrogens (tertiary/aromatic N) is 1. The van der Waals surface area contributed by atoms with Gasteiger partial charge in [0.15, 0.2) is 9.84 Å². The van der Waals surface area contributed by atoms with Crippen molar-refractivity contribution in [1.29, 1.82) is 0 Å². The lowest BCUT2D eigenvalue weighted by molar-refractivity contribution is -0.151. The summed E-state index contributed by atoms with van der Waals surface area (Å²) >= 11 is 0. The Kier molecular flexibility index (Phi) is 4.59. The van der Waals surface area contributed by atoms with E-state index < -0.39 is 15.4 Å². The lowest BCUT2D eigenvalue weighted by Gasteiger charge is -2.44. The molecule has 1 aliphatic carbocycles. The van der Waals surface area contributed by atoms with Crippen LogP contribution in [0.5, 0.6) is 0 Å². The van der Waals surface area contributed by atoms with Gasteiger partial charge in [-0.1, -0.05) is 11.6 Å². The van der Waals surface area contributed by atoms with Gasteiger partial charge in [-0.05, 0) is 38.5 Å². The van der Waals surface area contributed by atoms with Crippen LogP contribution in [0.2, 0.25) is 0 Å². The van der Waals surface area contributed by atoms with Gasteiger partial charge in [-0.3, -0.25) is 4.79 Å². The first-order valence-electron chi connectivity index (χ1n) is 8.28.